The fourth-order valence-electron chi connectivity index (χ4n) is 3.24. The van der Waals surface area contributed by atoms with Crippen molar-refractivity contribution >= 4 is 28.4 Å². The van der Waals surface area contributed by atoms with E-state index < -0.39 is 17.9 Å². The van der Waals surface area contributed by atoms with Gasteiger partial charge in [0.1, 0.15) is 0 Å². The number of nitrogens with zero attached hydrogens (tertiary/aromatic N) is 1. The zero-order chi connectivity index (χ0) is 20.1. The molecule has 0 spiro atoms. The molecule has 0 radical (unpaired) electrons. The number of pyridine rings is 1. The van der Waals surface area contributed by atoms with Crippen molar-refractivity contribution in [2.24, 2.45) is 0 Å². The van der Waals surface area contributed by atoms with Crippen LogP contribution in [0.25, 0.3) is 10.9 Å². The summed E-state index contributed by atoms with van der Waals surface area (Å²) < 4.78 is 0. The molecule has 5 nitrogen and oxygen atoms in total. The molecule has 5 heteroatoms. The van der Waals surface area contributed by atoms with E-state index in [1.165, 1.54) is 0 Å². The second kappa shape index (κ2) is 8.35. The highest BCUT2D eigenvalue weighted by Gasteiger charge is 2.21. The van der Waals surface area contributed by atoms with E-state index in [1.54, 1.807) is 24.4 Å². The standard InChI is InChI=1S/C24H19N3O2/c28-23(26-21-15-7-14-20-19(21)13-8-16-25-20)24(29)27-22(17-9-3-1-4-10-17)18-11-5-2-6-12-18/h1-16,22H,(H,26,28)(H,27,29). The van der Waals surface area contributed by atoms with Crippen molar-refractivity contribution < 1.29 is 9.59 Å². The number of hydrogen-bond acceptors (Lipinski definition) is 3. The lowest BCUT2D eigenvalue weighted by atomic mass is 9.98. The number of amides is 2. The van der Waals surface area contributed by atoms with Crippen molar-refractivity contribution in [1.29, 1.82) is 0 Å². The monoisotopic (exact) mass is 381 g/mol. The van der Waals surface area contributed by atoms with Crippen LogP contribution in [0.15, 0.2) is 97.2 Å². The number of hydrogen-bond donors (Lipinski definition) is 2. The Morgan fingerprint density at radius 2 is 1.34 bits per heavy atom. The number of rotatable bonds is 4. The van der Waals surface area contributed by atoms with Crippen LogP contribution in [0.4, 0.5) is 5.69 Å². The summed E-state index contributed by atoms with van der Waals surface area (Å²) in [7, 11) is 0. The molecule has 0 bridgehead atoms. The molecule has 0 aliphatic carbocycles. The van der Waals surface area contributed by atoms with Gasteiger partial charge in [-0.05, 0) is 35.4 Å². The maximum Gasteiger partial charge on any atom is 0.313 e. The predicted octanol–water partition coefficient (Wildman–Crippen LogP) is 4.08. The van der Waals surface area contributed by atoms with E-state index in [0.29, 0.717) is 5.69 Å². The number of carbonyl (C=O) groups is 2. The Balaban J connectivity index is 1.57. The first-order valence-electron chi connectivity index (χ1n) is 9.28. The van der Waals surface area contributed by atoms with E-state index in [9.17, 15) is 9.59 Å². The number of carbonyl (C=O) groups excluding carboxylic acids is 2. The minimum absolute atomic E-state index is 0.426. The lowest BCUT2D eigenvalue weighted by Crippen LogP contribution is -2.38. The summed E-state index contributed by atoms with van der Waals surface area (Å²) in [5.74, 6) is -1.43. The Hall–Kier alpha value is -3.99. The SMILES string of the molecule is O=C(Nc1cccc2ncccc12)C(=O)NC(c1ccccc1)c1ccccc1. The molecule has 0 saturated carbocycles. The van der Waals surface area contributed by atoms with E-state index in [2.05, 4.69) is 15.6 Å². The highest BCUT2D eigenvalue weighted by molar-refractivity contribution is 6.40. The van der Waals surface area contributed by atoms with E-state index >= 15 is 0 Å². The molecular weight excluding hydrogens is 362 g/mol. The molecule has 0 saturated heterocycles. The molecule has 4 rings (SSSR count). The van der Waals surface area contributed by atoms with Gasteiger partial charge in [0.05, 0.1) is 17.2 Å². The van der Waals surface area contributed by atoms with Gasteiger partial charge in [0.2, 0.25) is 0 Å². The van der Waals surface area contributed by atoms with Crippen molar-refractivity contribution in [3.05, 3.63) is 108 Å². The van der Waals surface area contributed by atoms with Gasteiger partial charge < -0.3 is 10.6 Å². The maximum atomic E-state index is 12.7. The number of anilines is 1. The summed E-state index contributed by atoms with van der Waals surface area (Å²) in [4.78, 5) is 29.6. The Labute approximate surface area is 168 Å². The highest BCUT2D eigenvalue weighted by Crippen LogP contribution is 2.23. The first-order valence-corrected chi connectivity index (χ1v) is 9.28. The van der Waals surface area contributed by atoms with Gasteiger partial charge >= 0.3 is 11.8 Å². The molecule has 142 valence electrons. The van der Waals surface area contributed by atoms with Crippen LogP contribution in [0.5, 0.6) is 0 Å². The molecule has 0 aliphatic rings. The van der Waals surface area contributed by atoms with Crippen molar-refractivity contribution in [2.45, 2.75) is 6.04 Å². The smallest absolute Gasteiger partial charge is 0.313 e. The third-order valence-electron chi connectivity index (χ3n) is 4.64. The van der Waals surface area contributed by atoms with Crippen molar-refractivity contribution in [2.75, 3.05) is 5.32 Å². The topological polar surface area (TPSA) is 71.1 Å². The second-order valence-corrected chi connectivity index (χ2v) is 6.56. The largest absolute Gasteiger partial charge is 0.337 e. The zero-order valence-corrected chi connectivity index (χ0v) is 15.6. The number of benzene rings is 3. The van der Waals surface area contributed by atoms with Crippen molar-refractivity contribution in [3.8, 4) is 0 Å². The van der Waals surface area contributed by atoms with Gasteiger partial charge in [0.15, 0.2) is 0 Å². The molecule has 2 amide bonds. The lowest BCUT2D eigenvalue weighted by molar-refractivity contribution is -0.136. The van der Waals surface area contributed by atoms with Crippen LogP contribution in [-0.4, -0.2) is 16.8 Å². The van der Waals surface area contributed by atoms with Crippen molar-refractivity contribution in [1.82, 2.24) is 10.3 Å². The van der Waals surface area contributed by atoms with Gasteiger partial charge in [-0.2, -0.15) is 0 Å². The summed E-state index contributed by atoms with van der Waals surface area (Å²) in [6.07, 6.45) is 1.69. The number of aromatic nitrogens is 1. The summed E-state index contributed by atoms with van der Waals surface area (Å²) in [6.45, 7) is 0. The molecule has 29 heavy (non-hydrogen) atoms. The van der Waals surface area contributed by atoms with Crippen LogP contribution in [0.1, 0.15) is 17.2 Å². The van der Waals surface area contributed by atoms with Crippen LogP contribution in [0.2, 0.25) is 0 Å². The second-order valence-electron chi connectivity index (χ2n) is 6.56. The van der Waals surface area contributed by atoms with Crippen LogP contribution in [0.3, 0.4) is 0 Å². The summed E-state index contributed by atoms with van der Waals surface area (Å²) >= 11 is 0. The fraction of sp³-hybridized carbons (Fsp3) is 0.0417. The van der Waals surface area contributed by atoms with E-state index in [1.807, 2.05) is 72.8 Å². The predicted molar refractivity (Wildman–Crippen MR) is 113 cm³/mol. The molecular formula is C24H19N3O2. The molecule has 4 aromatic rings. The minimum atomic E-state index is -0.724. The van der Waals surface area contributed by atoms with Gasteiger partial charge in [-0.25, -0.2) is 0 Å². The van der Waals surface area contributed by atoms with E-state index in [0.717, 1.165) is 22.0 Å². The zero-order valence-electron chi connectivity index (χ0n) is 15.6. The molecule has 0 fully saturated rings. The Morgan fingerprint density at radius 1 is 0.690 bits per heavy atom. The third kappa shape index (κ3) is 4.14. The van der Waals surface area contributed by atoms with E-state index in [-0.39, 0.29) is 0 Å². The maximum absolute atomic E-state index is 12.7. The van der Waals surface area contributed by atoms with Crippen LogP contribution >= 0.6 is 0 Å². The Kier molecular flexibility index (Phi) is 5.29. The van der Waals surface area contributed by atoms with Gasteiger partial charge in [-0.15, -0.1) is 0 Å². The molecule has 1 aromatic heterocycles. The van der Waals surface area contributed by atoms with Gasteiger partial charge in [-0.1, -0.05) is 66.7 Å². The summed E-state index contributed by atoms with van der Waals surface area (Å²) in [5.41, 5.74) is 3.09. The van der Waals surface area contributed by atoms with Crippen LogP contribution in [0, 0.1) is 0 Å². The molecule has 0 aliphatic heterocycles. The average molecular weight is 381 g/mol. The number of fused-ring (bicyclic) bond motifs is 1. The Bertz CT molecular complexity index is 1100. The fourth-order valence-corrected chi connectivity index (χ4v) is 3.24. The lowest BCUT2D eigenvalue weighted by Gasteiger charge is -2.19. The van der Waals surface area contributed by atoms with E-state index in [4.69, 9.17) is 0 Å². The molecule has 0 unspecified atom stereocenters. The molecule has 3 aromatic carbocycles. The highest BCUT2D eigenvalue weighted by atomic mass is 16.2. The summed E-state index contributed by atoms with van der Waals surface area (Å²) in [5, 5.41) is 6.33. The Morgan fingerprint density at radius 3 is 2.00 bits per heavy atom. The van der Waals surface area contributed by atoms with Crippen LogP contribution < -0.4 is 10.6 Å². The van der Waals surface area contributed by atoms with Crippen LogP contribution in [-0.2, 0) is 9.59 Å². The molecule has 2 N–H and O–H groups in total. The third-order valence-corrected chi connectivity index (χ3v) is 4.64. The van der Waals surface area contributed by atoms with Gasteiger partial charge in [0.25, 0.3) is 0 Å². The van der Waals surface area contributed by atoms with Gasteiger partial charge in [0, 0.05) is 11.6 Å². The van der Waals surface area contributed by atoms with Crippen molar-refractivity contribution in [3.63, 3.8) is 0 Å². The normalized spacial score (nSPS) is 10.7. The first kappa shape index (κ1) is 18.4. The minimum Gasteiger partial charge on any atom is -0.337 e. The molecule has 0 atom stereocenters. The molecule has 1 heterocycles. The average Bonchev–Trinajstić information content (AvgIpc) is 2.78. The number of nitrogens with one attached hydrogen (secondary N) is 2. The summed E-state index contributed by atoms with van der Waals surface area (Å²) in [6, 6.07) is 27.7. The quantitative estimate of drug-likeness (QED) is 0.523. The first-order chi connectivity index (χ1) is 14.2. The van der Waals surface area contributed by atoms with Gasteiger partial charge in [-0.3, -0.25) is 14.6 Å².